The van der Waals surface area contributed by atoms with E-state index in [1.165, 1.54) is 5.56 Å². The van der Waals surface area contributed by atoms with Gasteiger partial charge in [0.15, 0.2) is 0 Å². The van der Waals surface area contributed by atoms with Crippen LogP contribution in [-0.4, -0.2) is 28.8 Å². The first-order valence-corrected chi connectivity index (χ1v) is 10.5. The molecule has 1 N–H and O–H groups in total. The van der Waals surface area contributed by atoms with Crippen molar-refractivity contribution in [1.82, 2.24) is 10.2 Å². The third-order valence-electron chi connectivity index (χ3n) is 5.26. The average Bonchev–Trinajstić information content (AvgIpc) is 2.70. The van der Waals surface area contributed by atoms with E-state index >= 15 is 0 Å². The minimum atomic E-state index is -0.521. The molecule has 1 atom stereocenters. The lowest BCUT2D eigenvalue weighted by atomic mass is 10.0. The topological polar surface area (TPSA) is 49.4 Å². The van der Waals surface area contributed by atoms with Crippen molar-refractivity contribution in [3.05, 3.63) is 70.8 Å². The normalized spacial score (nSPS) is 11.9. The van der Waals surface area contributed by atoms with Crippen LogP contribution in [0.25, 0.3) is 0 Å². The third-order valence-corrected chi connectivity index (χ3v) is 5.26. The molecule has 4 heteroatoms. The highest BCUT2D eigenvalue weighted by Gasteiger charge is 2.26. The van der Waals surface area contributed by atoms with Gasteiger partial charge in [-0.3, -0.25) is 9.59 Å². The van der Waals surface area contributed by atoms with Crippen LogP contribution >= 0.6 is 0 Å². The van der Waals surface area contributed by atoms with Gasteiger partial charge in [-0.15, -0.1) is 0 Å². The maximum Gasteiger partial charge on any atom is 0.242 e. The smallest absolute Gasteiger partial charge is 0.242 e. The Morgan fingerprint density at radius 2 is 1.59 bits per heavy atom. The maximum atomic E-state index is 13.1. The highest BCUT2D eigenvalue weighted by atomic mass is 16.2. The number of nitrogens with one attached hydrogen (secondary N) is 1. The molecular weight excluding hydrogens is 360 g/mol. The zero-order valence-corrected chi connectivity index (χ0v) is 18.4. The van der Waals surface area contributed by atoms with E-state index < -0.39 is 6.04 Å². The predicted molar refractivity (Wildman–Crippen MR) is 119 cm³/mol. The molecule has 0 saturated heterocycles. The Kier molecular flexibility index (Phi) is 8.44. The van der Waals surface area contributed by atoms with E-state index in [0.29, 0.717) is 19.4 Å². The summed E-state index contributed by atoms with van der Waals surface area (Å²) in [5, 5.41) is 2.93. The molecule has 0 aliphatic heterocycles. The first kappa shape index (κ1) is 22.7. The second-order valence-corrected chi connectivity index (χ2v) is 7.96. The molecule has 2 aromatic rings. The van der Waals surface area contributed by atoms with E-state index in [9.17, 15) is 9.59 Å². The van der Waals surface area contributed by atoms with E-state index in [2.05, 4.69) is 36.5 Å². The number of carbonyl (C=O) groups excluding carboxylic acids is 2. The van der Waals surface area contributed by atoms with Gasteiger partial charge in [-0.2, -0.15) is 0 Å². The summed E-state index contributed by atoms with van der Waals surface area (Å²) < 4.78 is 0. The van der Waals surface area contributed by atoms with Crippen LogP contribution < -0.4 is 5.32 Å². The number of carbonyl (C=O) groups is 2. The Hall–Kier alpha value is -2.62. The van der Waals surface area contributed by atoms with Crippen molar-refractivity contribution in [1.29, 1.82) is 0 Å². The number of hydrogen-bond acceptors (Lipinski definition) is 2. The lowest BCUT2D eigenvalue weighted by Crippen LogP contribution is -2.49. The molecule has 2 amide bonds. The zero-order valence-electron chi connectivity index (χ0n) is 18.4. The van der Waals surface area contributed by atoms with Gasteiger partial charge < -0.3 is 10.2 Å². The van der Waals surface area contributed by atoms with Crippen molar-refractivity contribution in [2.24, 2.45) is 0 Å². The summed E-state index contributed by atoms with van der Waals surface area (Å²) in [5.74, 6) is -0.117. The van der Waals surface area contributed by atoms with Crippen LogP contribution in [0.15, 0.2) is 48.5 Å². The van der Waals surface area contributed by atoms with Crippen LogP contribution in [-0.2, 0) is 29.0 Å². The van der Waals surface area contributed by atoms with Gasteiger partial charge in [-0.1, -0.05) is 55.5 Å². The molecular formula is C25H34N2O2. The summed E-state index contributed by atoms with van der Waals surface area (Å²) in [7, 11) is 0. The van der Waals surface area contributed by atoms with Crippen LogP contribution in [0.2, 0.25) is 0 Å². The summed E-state index contributed by atoms with van der Waals surface area (Å²) in [5.41, 5.74) is 4.63. The van der Waals surface area contributed by atoms with Crippen molar-refractivity contribution in [3.8, 4) is 0 Å². The number of aryl methyl sites for hydroxylation is 3. The van der Waals surface area contributed by atoms with E-state index in [-0.39, 0.29) is 17.9 Å². The Morgan fingerprint density at radius 3 is 2.17 bits per heavy atom. The summed E-state index contributed by atoms with van der Waals surface area (Å²) in [6, 6.07) is 15.9. The Labute approximate surface area is 175 Å². The van der Waals surface area contributed by atoms with Crippen LogP contribution in [0, 0.1) is 6.92 Å². The molecule has 0 saturated carbocycles. The lowest BCUT2D eigenvalue weighted by molar-refractivity contribution is -0.140. The van der Waals surface area contributed by atoms with Crippen molar-refractivity contribution >= 4 is 11.8 Å². The van der Waals surface area contributed by atoms with E-state index in [0.717, 1.165) is 23.1 Å². The van der Waals surface area contributed by atoms with E-state index in [4.69, 9.17) is 0 Å². The van der Waals surface area contributed by atoms with Gasteiger partial charge in [0.1, 0.15) is 6.04 Å². The van der Waals surface area contributed by atoms with Crippen LogP contribution in [0.4, 0.5) is 0 Å². The van der Waals surface area contributed by atoms with E-state index in [1.807, 2.05) is 52.0 Å². The summed E-state index contributed by atoms with van der Waals surface area (Å²) in [4.78, 5) is 27.5. The molecule has 2 rings (SSSR count). The van der Waals surface area contributed by atoms with Gasteiger partial charge >= 0.3 is 0 Å². The van der Waals surface area contributed by atoms with Crippen molar-refractivity contribution in [2.75, 3.05) is 0 Å². The molecule has 0 aliphatic rings. The van der Waals surface area contributed by atoms with E-state index in [1.54, 1.807) is 4.90 Å². The minimum Gasteiger partial charge on any atom is -0.352 e. The highest BCUT2D eigenvalue weighted by molar-refractivity contribution is 5.87. The van der Waals surface area contributed by atoms with Crippen molar-refractivity contribution in [2.45, 2.75) is 72.5 Å². The molecule has 0 aliphatic carbocycles. The molecule has 0 spiro atoms. The zero-order chi connectivity index (χ0) is 21.4. The van der Waals surface area contributed by atoms with Crippen LogP contribution in [0.3, 0.4) is 0 Å². The molecule has 156 valence electrons. The molecule has 29 heavy (non-hydrogen) atoms. The predicted octanol–water partition coefficient (Wildman–Crippen LogP) is 4.43. The van der Waals surface area contributed by atoms with Gasteiger partial charge in [0.2, 0.25) is 11.8 Å². The monoisotopic (exact) mass is 394 g/mol. The van der Waals surface area contributed by atoms with Crippen LogP contribution in [0.1, 0.15) is 56.4 Å². The van der Waals surface area contributed by atoms with Gasteiger partial charge in [-0.05, 0) is 62.8 Å². The second-order valence-electron chi connectivity index (χ2n) is 7.96. The Bertz CT molecular complexity index is 812. The van der Waals surface area contributed by atoms with Crippen molar-refractivity contribution in [3.63, 3.8) is 0 Å². The molecule has 0 fully saturated rings. The molecule has 1 unspecified atom stereocenters. The largest absolute Gasteiger partial charge is 0.352 e. The quantitative estimate of drug-likeness (QED) is 0.684. The maximum absolute atomic E-state index is 13.1. The first-order chi connectivity index (χ1) is 13.8. The molecule has 2 aromatic carbocycles. The Balaban J connectivity index is 2.14. The summed E-state index contributed by atoms with van der Waals surface area (Å²) in [6.45, 7) is 10.3. The third kappa shape index (κ3) is 6.74. The number of hydrogen-bond donors (Lipinski definition) is 1. The molecule has 0 heterocycles. The van der Waals surface area contributed by atoms with Crippen LogP contribution in [0.5, 0.6) is 0 Å². The second kappa shape index (κ2) is 10.8. The summed E-state index contributed by atoms with van der Waals surface area (Å²) in [6.07, 6.45) is 2.06. The lowest BCUT2D eigenvalue weighted by Gasteiger charge is -2.30. The molecule has 4 nitrogen and oxygen atoms in total. The van der Waals surface area contributed by atoms with Crippen molar-refractivity contribution < 1.29 is 9.59 Å². The average molecular weight is 395 g/mol. The fourth-order valence-corrected chi connectivity index (χ4v) is 3.30. The van der Waals surface area contributed by atoms with Gasteiger partial charge in [0.05, 0.1) is 0 Å². The van der Waals surface area contributed by atoms with Gasteiger partial charge in [-0.25, -0.2) is 0 Å². The molecule has 0 aromatic heterocycles. The molecule has 0 bridgehead atoms. The highest BCUT2D eigenvalue weighted by Crippen LogP contribution is 2.16. The Morgan fingerprint density at radius 1 is 0.966 bits per heavy atom. The number of nitrogens with zero attached hydrogens (tertiary/aromatic N) is 1. The fraction of sp³-hybridized carbons (Fsp3) is 0.440. The fourth-order valence-electron chi connectivity index (χ4n) is 3.30. The van der Waals surface area contributed by atoms with Gasteiger partial charge in [0.25, 0.3) is 0 Å². The first-order valence-electron chi connectivity index (χ1n) is 10.5. The SMILES string of the molecule is CCc1ccc(CCC(=O)N(Cc2ccccc2C)C(C)C(=O)NC(C)C)cc1. The number of rotatable bonds is 9. The minimum absolute atomic E-state index is 0.000716. The summed E-state index contributed by atoms with van der Waals surface area (Å²) >= 11 is 0. The number of amides is 2. The standard InChI is InChI=1S/C25H34N2O2/c1-6-21-11-13-22(14-12-21)15-16-24(28)27(20(5)25(29)26-18(2)3)17-23-10-8-7-9-19(23)4/h7-14,18,20H,6,15-17H2,1-5H3,(H,26,29). The van der Waals surface area contributed by atoms with Gasteiger partial charge in [0, 0.05) is 19.0 Å². The number of benzene rings is 2. The molecule has 0 radical (unpaired) electrons.